The third kappa shape index (κ3) is 5.99. The van der Waals surface area contributed by atoms with Gasteiger partial charge in [-0.3, -0.25) is 9.59 Å². The van der Waals surface area contributed by atoms with Crippen LogP contribution in [0.1, 0.15) is 66.9 Å². The van der Waals surface area contributed by atoms with Crippen molar-refractivity contribution in [3.63, 3.8) is 0 Å². The van der Waals surface area contributed by atoms with Crippen LogP contribution in [0.3, 0.4) is 0 Å². The van der Waals surface area contributed by atoms with Gasteiger partial charge in [-0.15, -0.1) is 0 Å². The maximum atomic E-state index is 13.8. The minimum atomic E-state index is -4.76. The number of benzene rings is 1. The van der Waals surface area contributed by atoms with Crippen molar-refractivity contribution < 1.29 is 31.2 Å². The molecule has 1 saturated heterocycles. The summed E-state index contributed by atoms with van der Waals surface area (Å²) in [6.07, 6.45) is -1.61. The van der Waals surface area contributed by atoms with Gasteiger partial charge in [-0.2, -0.15) is 13.2 Å². The minimum absolute atomic E-state index is 0.0970. The zero-order chi connectivity index (χ0) is 26.3. The molecule has 0 bridgehead atoms. The standard InChI is InChI=1S/C24H34F3N3O4S/c1-14(2)29(3)16-8-9-20(15(12-16)13-35(4,33)34)30-11-10-18(23(30)32)21-17(22(28)31)6-5-7-19(21)24(25,26)27/h5-7,14-16,18,20H,8-13H2,1-4H3,(H2,28,31)/t15-,16+,18-,20-/m0/s1. The van der Waals surface area contributed by atoms with E-state index in [0.29, 0.717) is 12.8 Å². The summed E-state index contributed by atoms with van der Waals surface area (Å²) < 4.78 is 65.9. The Morgan fingerprint density at radius 2 is 1.89 bits per heavy atom. The third-order valence-corrected chi connectivity index (χ3v) is 8.52. The van der Waals surface area contributed by atoms with E-state index in [4.69, 9.17) is 5.73 Å². The first-order valence-electron chi connectivity index (χ1n) is 11.8. The third-order valence-electron chi connectivity index (χ3n) is 7.49. The molecule has 1 aliphatic heterocycles. The van der Waals surface area contributed by atoms with Crippen LogP contribution in [-0.4, -0.2) is 73.8 Å². The number of nitrogens with two attached hydrogens (primary N) is 1. The quantitative estimate of drug-likeness (QED) is 0.599. The van der Waals surface area contributed by atoms with Gasteiger partial charge in [0.1, 0.15) is 9.84 Å². The molecule has 2 aliphatic rings. The first-order valence-corrected chi connectivity index (χ1v) is 13.9. The maximum Gasteiger partial charge on any atom is 0.416 e. The van der Waals surface area contributed by atoms with Crippen molar-refractivity contribution in [2.24, 2.45) is 11.7 Å². The zero-order valence-corrected chi connectivity index (χ0v) is 21.3. The molecule has 2 amide bonds. The lowest BCUT2D eigenvalue weighted by molar-refractivity contribution is -0.139. The van der Waals surface area contributed by atoms with E-state index in [2.05, 4.69) is 18.7 Å². The SMILES string of the molecule is CC(C)N(C)[C@@H]1CC[C@H](N2CC[C@@H](c3c(C(N)=O)cccc3C(F)(F)F)C2=O)[C@H](CS(C)(=O)=O)C1. The number of primary amides is 1. The first-order chi connectivity index (χ1) is 16.1. The highest BCUT2D eigenvalue weighted by Gasteiger charge is 2.47. The Hall–Kier alpha value is -2.14. The van der Waals surface area contributed by atoms with E-state index in [-0.39, 0.29) is 47.8 Å². The largest absolute Gasteiger partial charge is 0.416 e. The molecule has 0 aromatic heterocycles. The molecular formula is C24H34F3N3O4S. The summed E-state index contributed by atoms with van der Waals surface area (Å²) in [5.41, 5.74) is 3.64. The molecule has 2 N–H and O–H groups in total. The predicted octanol–water partition coefficient (Wildman–Crippen LogP) is 3.04. The molecule has 0 spiro atoms. The van der Waals surface area contributed by atoms with E-state index in [9.17, 15) is 31.2 Å². The number of carbonyl (C=O) groups excluding carboxylic acids is 2. The van der Waals surface area contributed by atoms with Gasteiger partial charge in [0.15, 0.2) is 0 Å². The van der Waals surface area contributed by atoms with Crippen molar-refractivity contribution in [1.82, 2.24) is 9.80 Å². The fourth-order valence-electron chi connectivity index (χ4n) is 5.69. The number of halogens is 3. The summed E-state index contributed by atoms with van der Waals surface area (Å²) in [5, 5.41) is 0. The second-order valence-electron chi connectivity index (χ2n) is 10.1. The highest BCUT2D eigenvalue weighted by atomic mass is 32.2. The number of carbonyl (C=O) groups is 2. The number of rotatable bonds is 7. The fourth-order valence-corrected chi connectivity index (χ4v) is 6.83. The van der Waals surface area contributed by atoms with Gasteiger partial charge in [-0.05, 0) is 70.2 Å². The maximum absolute atomic E-state index is 13.8. The van der Waals surface area contributed by atoms with E-state index in [0.717, 1.165) is 24.8 Å². The molecule has 196 valence electrons. The Balaban J connectivity index is 1.95. The Morgan fingerprint density at radius 1 is 1.23 bits per heavy atom. The van der Waals surface area contributed by atoms with Crippen LogP contribution in [0.4, 0.5) is 13.2 Å². The van der Waals surface area contributed by atoms with Crippen LogP contribution >= 0.6 is 0 Å². The van der Waals surface area contributed by atoms with Crippen molar-refractivity contribution in [1.29, 1.82) is 0 Å². The van der Waals surface area contributed by atoms with Crippen LogP contribution in [0.2, 0.25) is 0 Å². The Morgan fingerprint density at radius 3 is 2.43 bits per heavy atom. The fraction of sp³-hybridized carbons (Fsp3) is 0.667. The highest BCUT2D eigenvalue weighted by molar-refractivity contribution is 7.90. The molecule has 0 unspecified atom stereocenters. The molecule has 1 heterocycles. The Kier molecular flexibility index (Phi) is 7.91. The molecule has 35 heavy (non-hydrogen) atoms. The monoisotopic (exact) mass is 517 g/mol. The molecular weight excluding hydrogens is 483 g/mol. The number of hydrogen-bond acceptors (Lipinski definition) is 5. The Labute approximate surface area is 204 Å². The summed E-state index contributed by atoms with van der Waals surface area (Å²) in [4.78, 5) is 29.2. The van der Waals surface area contributed by atoms with Crippen molar-refractivity contribution in [2.45, 2.75) is 69.8 Å². The lowest BCUT2D eigenvalue weighted by Crippen LogP contribution is -2.51. The number of alkyl halides is 3. The van der Waals surface area contributed by atoms with Gasteiger partial charge in [0.2, 0.25) is 11.8 Å². The van der Waals surface area contributed by atoms with Crippen LogP contribution in [0.5, 0.6) is 0 Å². The molecule has 1 aliphatic carbocycles. The number of amides is 2. The highest BCUT2D eigenvalue weighted by Crippen LogP contribution is 2.43. The second kappa shape index (κ2) is 10.1. The zero-order valence-electron chi connectivity index (χ0n) is 20.5. The summed E-state index contributed by atoms with van der Waals surface area (Å²) >= 11 is 0. The molecule has 7 nitrogen and oxygen atoms in total. The van der Waals surface area contributed by atoms with Crippen molar-refractivity contribution >= 4 is 21.7 Å². The normalized spacial score (nSPS) is 26.1. The lowest BCUT2D eigenvalue weighted by atomic mass is 9.80. The molecule has 2 fully saturated rings. The molecule has 4 atom stereocenters. The average Bonchev–Trinajstić information content (AvgIpc) is 3.11. The number of likely N-dealkylation sites (tertiary alicyclic amines) is 1. The summed E-state index contributed by atoms with van der Waals surface area (Å²) in [6.45, 7) is 4.31. The van der Waals surface area contributed by atoms with E-state index >= 15 is 0 Å². The van der Waals surface area contributed by atoms with Gasteiger partial charge in [0, 0.05) is 36.5 Å². The topological polar surface area (TPSA) is 101 Å². The van der Waals surface area contributed by atoms with Crippen LogP contribution in [0.15, 0.2) is 18.2 Å². The average molecular weight is 518 g/mol. The van der Waals surface area contributed by atoms with E-state index in [1.54, 1.807) is 4.90 Å². The van der Waals surface area contributed by atoms with E-state index < -0.39 is 45.4 Å². The molecule has 11 heteroatoms. The smallest absolute Gasteiger partial charge is 0.366 e. The van der Waals surface area contributed by atoms with Crippen molar-refractivity contribution in [3.05, 3.63) is 34.9 Å². The van der Waals surface area contributed by atoms with Crippen LogP contribution < -0.4 is 5.73 Å². The molecule has 1 aromatic rings. The minimum Gasteiger partial charge on any atom is -0.366 e. The van der Waals surface area contributed by atoms with Gasteiger partial charge in [-0.25, -0.2) is 8.42 Å². The first kappa shape index (κ1) is 27.4. The van der Waals surface area contributed by atoms with E-state index in [1.807, 2.05) is 7.05 Å². The van der Waals surface area contributed by atoms with Gasteiger partial charge in [-0.1, -0.05) is 6.07 Å². The lowest BCUT2D eigenvalue weighted by Gasteiger charge is -2.44. The van der Waals surface area contributed by atoms with Crippen molar-refractivity contribution in [2.75, 3.05) is 25.6 Å². The predicted molar refractivity (Wildman–Crippen MR) is 127 cm³/mol. The molecule has 0 radical (unpaired) electrons. The number of nitrogens with zero attached hydrogens (tertiary/aromatic N) is 2. The van der Waals surface area contributed by atoms with Crippen LogP contribution in [0, 0.1) is 5.92 Å². The number of sulfone groups is 1. The van der Waals surface area contributed by atoms with Crippen LogP contribution in [-0.2, 0) is 20.8 Å². The van der Waals surface area contributed by atoms with Crippen molar-refractivity contribution in [3.8, 4) is 0 Å². The molecule has 1 aromatic carbocycles. The van der Waals surface area contributed by atoms with Gasteiger partial charge in [0.05, 0.1) is 17.2 Å². The summed E-state index contributed by atoms with van der Waals surface area (Å²) in [7, 11) is -1.36. The van der Waals surface area contributed by atoms with Crippen LogP contribution in [0.25, 0.3) is 0 Å². The second-order valence-corrected chi connectivity index (χ2v) is 12.3. The van der Waals surface area contributed by atoms with Gasteiger partial charge < -0.3 is 15.5 Å². The Bertz CT molecular complexity index is 1070. The van der Waals surface area contributed by atoms with Gasteiger partial charge >= 0.3 is 6.18 Å². The molecule has 1 saturated carbocycles. The molecule has 3 rings (SSSR count). The van der Waals surface area contributed by atoms with Gasteiger partial charge in [0.25, 0.3) is 0 Å². The van der Waals surface area contributed by atoms with E-state index in [1.165, 1.54) is 6.07 Å². The summed E-state index contributed by atoms with van der Waals surface area (Å²) in [6, 6.07) is 3.20. The number of hydrogen-bond donors (Lipinski definition) is 1. The summed E-state index contributed by atoms with van der Waals surface area (Å²) in [5.74, 6) is -3.13.